The molecule has 0 amide bonds. The minimum atomic E-state index is -1.05. The standard InChI is InChI=1S/2C21H21NO4S.H2O/c2*1-12-15(19(23)24)16(13-6-4-3-5-7-13)17(20(25)26)21(2)18-14(9-11-27-18)8-10-22(12)21;/h2*3-7,9,11,16-17H,8,10H2,1-2H3,(H,23,24)(H,25,26);1H2/t2*16-,17+,21+;/m11./s1. The summed E-state index contributed by atoms with van der Waals surface area (Å²) in [6.07, 6.45) is 1.59. The molecule has 6 atom stereocenters. The molecule has 0 unspecified atom stereocenters. The van der Waals surface area contributed by atoms with Crippen molar-refractivity contribution in [1.29, 1.82) is 0 Å². The van der Waals surface area contributed by atoms with Crippen molar-refractivity contribution in [2.45, 2.75) is 63.5 Å². The SMILES string of the molecule is CC1=C(C(=O)O)[C@@H](c2ccccc2)[C@@H](C(=O)O)[C@@]2(C)c3sccc3CCN12.CC1=C(C(=O)O)[C@@H](c2ccccc2)[C@@H](C(=O)O)[C@@]2(C)c3sccc3CCN12.O. The van der Waals surface area contributed by atoms with Crippen molar-refractivity contribution >= 4 is 46.6 Å². The van der Waals surface area contributed by atoms with Crippen molar-refractivity contribution in [3.63, 3.8) is 0 Å². The summed E-state index contributed by atoms with van der Waals surface area (Å²) in [6, 6.07) is 22.4. The van der Waals surface area contributed by atoms with Gasteiger partial charge in [-0.2, -0.15) is 0 Å². The number of thiophene rings is 2. The molecule has 2 aromatic carbocycles. The van der Waals surface area contributed by atoms with E-state index in [4.69, 9.17) is 0 Å². The van der Waals surface area contributed by atoms with Gasteiger partial charge in [0.2, 0.25) is 0 Å². The molecule has 4 aliphatic heterocycles. The van der Waals surface area contributed by atoms with Crippen LogP contribution >= 0.6 is 22.7 Å². The third kappa shape index (κ3) is 6.05. The summed E-state index contributed by atoms with van der Waals surface area (Å²) >= 11 is 3.13. The van der Waals surface area contributed by atoms with Gasteiger partial charge in [-0.15, -0.1) is 22.7 Å². The van der Waals surface area contributed by atoms with Crippen molar-refractivity contribution in [3.05, 3.63) is 138 Å². The van der Waals surface area contributed by atoms with Crippen LogP contribution in [-0.2, 0) is 43.1 Å². The molecule has 11 nitrogen and oxygen atoms in total. The van der Waals surface area contributed by atoms with Gasteiger partial charge in [-0.1, -0.05) is 60.7 Å². The first-order valence-corrected chi connectivity index (χ1v) is 19.6. The van der Waals surface area contributed by atoms with Crippen LogP contribution < -0.4 is 0 Å². The number of carbonyl (C=O) groups is 4. The molecular weight excluding hydrogens is 741 g/mol. The number of allylic oxidation sites excluding steroid dienone is 2. The lowest BCUT2D eigenvalue weighted by atomic mass is 9.64. The van der Waals surface area contributed by atoms with Crippen LogP contribution in [0, 0.1) is 11.8 Å². The Bertz CT molecular complexity index is 2050. The summed E-state index contributed by atoms with van der Waals surface area (Å²) < 4.78 is 0. The third-order valence-electron chi connectivity index (χ3n) is 12.1. The third-order valence-corrected chi connectivity index (χ3v) is 14.5. The Morgan fingerprint density at radius 1 is 0.600 bits per heavy atom. The predicted octanol–water partition coefficient (Wildman–Crippen LogP) is 6.53. The van der Waals surface area contributed by atoms with E-state index in [0.29, 0.717) is 24.5 Å². The zero-order valence-corrected chi connectivity index (χ0v) is 32.5. The Morgan fingerprint density at radius 2 is 0.945 bits per heavy atom. The summed E-state index contributed by atoms with van der Waals surface area (Å²) in [5.41, 5.74) is 3.93. The average molecular weight is 785 g/mol. The molecule has 0 spiro atoms. The lowest BCUT2D eigenvalue weighted by Gasteiger charge is -2.55. The van der Waals surface area contributed by atoms with E-state index in [2.05, 4.69) is 12.1 Å². The van der Waals surface area contributed by atoms with Gasteiger partial charge >= 0.3 is 23.9 Å². The Kier molecular flexibility index (Phi) is 10.6. The van der Waals surface area contributed by atoms with E-state index in [0.717, 1.165) is 33.7 Å². The number of carboxylic acids is 4. The largest absolute Gasteiger partial charge is 0.481 e. The van der Waals surface area contributed by atoms with Gasteiger partial charge in [0.05, 0.1) is 34.1 Å². The Hall–Kier alpha value is -5.24. The Morgan fingerprint density at radius 3 is 1.25 bits per heavy atom. The molecule has 4 aromatic rings. The fraction of sp³-hybridized carbons (Fsp3) is 0.333. The fourth-order valence-electron chi connectivity index (χ4n) is 9.88. The molecule has 0 saturated carbocycles. The lowest BCUT2D eigenvalue weighted by Crippen LogP contribution is -2.59. The van der Waals surface area contributed by atoms with E-state index < -0.39 is 58.6 Å². The maximum atomic E-state index is 12.6. The van der Waals surface area contributed by atoms with E-state index in [-0.39, 0.29) is 16.6 Å². The monoisotopic (exact) mass is 784 g/mol. The number of nitrogens with zero attached hydrogens (tertiary/aromatic N) is 2. The number of rotatable bonds is 6. The van der Waals surface area contributed by atoms with Crippen molar-refractivity contribution in [2.75, 3.05) is 13.1 Å². The van der Waals surface area contributed by atoms with E-state index in [9.17, 15) is 39.6 Å². The Labute approximate surface area is 326 Å². The first-order chi connectivity index (χ1) is 25.7. The number of hydrogen-bond acceptors (Lipinski definition) is 8. The highest BCUT2D eigenvalue weighted by Crippen LogP contribution is 2.57. The van der Waals surface area contributed by atoms with E-state index in [1.165, 1.54) is 11.1 Å². The molecule has 2 aromatic heterocycles. The molecule has 0 saturated heterocycles. The second kappa shape index (κ2) is 14.8. The van der Waals surface area contributed by atoms with Crippen LogP contribution in [-0.4, -0.2) is 72.7 Å². The summed E-state index contributed by atoms with van der Waals surface area (Å²) in [4.78, 5) is 55.6. The second-order valence-corrected chi connectivity index (χ2v) is 16.5. The fourth-order valence-corrected chi connectivity index (χ4v) is 12.2. The van der Waals surface area contributed by atoms with Crippen LogP contribution in [0.2, 0.25) is 0 Å². The van der Waals surface area contributed by atoms with Crippen LogP contribution in [0.15, 0.2) is 106 Å². The van der Waals surface area contributed by atoms with Gasteiger partial charge in [0.15, 0.2) is 0 Å². The first-order valence-electron chi connectivity index (χ1n) is 17.9. The number of hydrogen-bond donors (Lipinski definition) is 4. The highest BCUT2D eigenvalue weighted by Gasteiger charge is 2.59. The van der Waals surface area contributed by atoms with Gasteiger partial charge in [0.25, 0.3) is 0 Å². The van der Waals surface area contributed by atoms with E-state index in [1.807, 2.05) is 109 Å². The van der Waals surface area contributed by atoms with Gasteiger partial charge in [-0.3, -0.25) is 9.59 Å². The van der Waals surface area contributed by atoms with Crippen molar-refractivity contribution in [2.24, 2.45) is 11.8 Å². The van der Waals surface area contributed by atoms with Crippen LogP contribution in [0.3, 0.4) is 0 Å². The van der Waals surface area contributed by atoms with Crippen molar-refractivity contribution < 1.29 is 45.1 Å². The highest BCUT2D eigenvalue weighted by atomic mass is 32.1. The molecule has 0 bridgehead atoms. The number of aliphatic carboxylic acids is 4. The molecule has 4 aliphatic rings. The quantitative estimate of drug-likeness (QED) is 0.167. The van der Waals surface area contributed by atoms with Gasteiger partial charge in [-0.05, 0) is 85.7 Å². The first kappa shape index (κ1) is 39.5. The zero-order valence-electron chi connectivity index (χ0n) is 30.9. The summed E-state index contributed by atoms with van der Waals surface area (Å²) in [5.74, 6) is -7.25. The topological polar surface area (TPSA) is 187 Å². The summed E-state index contributed by atoms with van der Waals surface area (Å²) in [6.45, 7) is 8.78. The maximum absolute atomic E-state index is 12.6. The summed E-state index contributed by atoms with van der Waals surface area (Å²) in [7, 11) is 0. The van der Waals surface area contributed by atoms with Gasteiger partial charge in [0.1, 0.15) is 0 Å². The van der Waals surface area contributed by atoms with Crippen molar-refractivity contribution in [1.82, 2.24) is 9.80 Å². The van der Waals surface area contributed by atoms with E-state index >= 15 is 0 Å². The normalized spacial score (nSPS) is 26.6. The maximum Gasteiger partial charge on any atom is 0.333 e. The smallest absolute Gasteiger partial charge is 0.333 e. The van der Waals surface area contributed by atoms with Crippen LogP contribution in [0.25, 0.3) is 0 Å². The van der Waals surface area contributed by atoms with E-state index in [1.54, 1.807) is 22.7 Å². The van der Waals surface area contributed by atoms with Crippen LogP contribution in [0.5, 0.6) is 0 Å². The zero-order chi connectivity index (χ0) is 38.7. The molecule has 288 valence electrons. The minimum Gasteiger partial charge on any atom is -0.481 e. The molecule has 0 radical (unpaired) electrons. The average Bonchev–Trinajstić information content (AvgIpc) is 3.83. The molecule has 0 aliphatic carbocycles. The highest BCUT2D eigenvalue weighted by molar-refractivity contribution is 7.10. The van der Waals surface area contributed by atoms with Gasteiger partial charge in [0, 0.05) is 46.1 Å². The second-order valence-electron chi connectivity index (χ2n) is 14.7. The molecule has 13 heteroatoms. The molecular formula is C42H44N2O9S2. The van der Waals surface area contributed by atoms with Gasteiger partial charge in [-0.25, -0.2) is 9.59 Å². The number of carboxylic acid groups (broad SMARTS) is 4. The number of fused-ring (bicyclic) bond motifs is 6. The lowest BCUT2D eigenvalue weighted by molar-refractivity contribution is -0.152. The van der Waals surface area contributed by atoms with Crippen LogP contribution in [0.1, 0.15) is 71.5 Å². The molecule has 8 rings (SSSR count). The molecule has 55 heavy (non-hydrogen) atoms. The minimum absolute atomic E-state index is 0. The predicted molar refractivity (Wildman–Crippen MR) is 209 cm³/mol. The van der Waals surface area contributed by atoms with Gasteiger partial charge < -0.3 is 35.7 Å². The van der Waals surface area contributed by atoms with Crippen LogP contribution in [0.4, 0.5) is 0 Å². The Balaban J connectivity index is 0.000000184. The summed E-state index contributed by atoms with van der Waals surface area (Å²) in [5, 5.41) is 44.6. The molecule has 6 heterocycles. The molecule has 0 fully saturated rings. The number of benzene rings is 2. The van der Waals surface area contributed by atoms with Crippen molar-refractivity contribution in [3.8, 4) is 0 Å². The molecule has 6 N–H and O–H groups in total.